The molecule has 2 atom stereocenters. The lowest BCUT2D eigenvalue weighted by molar-refractivity contribution is -0.117. The molecule has 0 saturated heterocycles. The van der Waals surface area contributed by atoms with Gasteiger partial charge in [-0.2, -0.15) is 0 Å². The van der Waals surface area contributed by atoms with E-state index in [1.807, 2.05) is 19.1 Å². The molecule has 0 spiro atoms. The minimum absolute atomic E-state index is 0.0164. The lowest BCUT2D eigenvalue weighted by Crippen LogP contribution is -2.19. The lowest BCUT2D eigenvalue weighted by atomic mass is 10.3. The first-order valence-corrected chi connectivity index (χ1v) is 4.67. The van der Waals surface area contributed by atoms with Crippen LogP contribution in [0, 0.1) is 12.8 Å². The summed E-state index contributed by atoms with van der Waals surface area (Å²) in [6.07, 6.45) is 0.789. The Labute approximate surface area is 82.5 Å². The van der Waals surface area contributed by atoms with Gasteiger partial charge in [0, 0.05) is 11.7 Å². The molecule has 14 heavy (non-hydrogen) atoms. The Hall–Kier alpha value is -1.42. The monoisotopic (exact) mass is 191 g/mol. The third-order valence-corrected chi connectivity index (χ3v) is 2.32. The molecule has 3 N–H and O–H groups in total. The molecule has 0 aromatic carbocycles. The number of amides is 1. The second-order valence-corrected chi connectivity index (χ2v) is 3.66. The van der Waals surface area contributed by atoms with E-state index in [-0.39, 0.29) is 17.9 Å². The van der Waals surface area contributed by atoms with Gasteiger partial charge in [0.15, 0.2) is 0 Å². The minimum Gasteiger partial charge on any atom is -0.327 e. The molecule has 2 unspecified atom stereocenters. The molecule has 1 fully saturated rings. The molecule has 74 valence electrons. The normalized spacial score (nSPS) is 24.4. The molecule has 1 aromatic rings. The third-order valence-electron chi connectivity index (χ3n) is 2.32. The number of nitrogens with two attached hydrogens (primary N) is 1. The fourth-order valence-corrected chi connectivity index (χ4v) is 1.35. The summed E-state index contributed by atoms with van der Waals surface area (Å²) >= 11 is 0. The smallest absolute Gasteiger partial charge is 0.230 e. The summed E-state index contributed by atoms with van der Waals surface area (Å²) in [5, 5.41) is 2.75. The van der Waals surface area contributed by atoms with Crippen LogP contribution in [-0.4, -0.2) is 16.9 Å². The summed E-state index contributed by atoms with van der Waals surface area (Å²) in [5.74, 6) is 0.571. The molecule has 1 aliphatic carbocycles. The predicted octanol–water partition coefficient (Wildman–Crippen LogP) is 0.676. The summed E-state index contributed by atoms with van der Waals surface area (Å²) in [7, 11) is 0. The van der Waals surface area contributed by atoms with Gasteiger partial charge in [-0.15, -0.1) is 0 Å². The van der Waals surface area contributed by atoms with Crippen LogP contribution >= 0.6 is 0 Å². The standard InChI is InChI=1S/C10H13N3O/c1-6-3-2-4-9(12-6)13-10(14)7-5-8(7)11/h2-4,7-8H,5,11H2,1H3,(H,12,13,14). The predicted molar refractivity (Wildman–Crippen MR) is 53.7 cm³/mol. The minimum atomic E-state index is -0.0180. The van der Waals surface area contributed by atoms with Gasteiger partial charge in [-0.1, -0.05) is 6.07 Å². The zero-order chi connectivity index (χ0) is 10.1. The highest BCUT2D eigenvalue weighted by atomic mass is 16.2. The first kappa shape index (κ1) is 9.15. The number of hydrogen-bond donors (Lipinski definition) is 2. The number of rotatable bonds is 2. The molecule has 0 aliphatic heterocycles. The molecule has 1 aliphatic rings. The third kappa shape index (κ3) is 1.90. The van der Waals surface area contributed by atoms with Gasteiger partial charge in [-0.3, -0.25) is 4.79 Å². The van der Waals surface area contributed by atoms with Crippen LogP contribution in [-0.2, 0) is 4.79 Å². The van der Waals surface area contributed by atoms with Gasteiger partial charge < -0.3 is 11.1 Å². The molecular weight excluding hydrogens is 178 g/mol. The van der Waals surface area contributed by atoms with Crippen LogP contribution in [0.3, 0.4) is 0 Å². The van der Waals surface area contributed by atoms with Crippen molar-refractivity contribution in [2.75, 3.05) is 5.32 Å². The number of aryl methyl sites for hydroxylation is 1. The first-order chi connectivity index (χ1) is 6.66. The number of carbonyl (C=O) groups is 1. The van der Waals surface area contributed by atoms with E-state index in [1.54, 1.807) is 6.07 Å². The van der Waals surface area contributed by atoms with Crippen LogP contribution in [0.2, 0.25) is 0 Å². The Morgan fingerprint density at radius 3 is 2.93 bits per heavy atom. The van der Waals surface area contributed by atoms with E-state index in [1.165, 1.54) is 0 Å². The van der Waals surface area contributed by atoms with Gasteiger partial charge in [0.2, 0.25) is 5.91 Å². The quantitative estimate of drug-likeness (QED) is 0.722. The van der Waals surface area contributed by atoms with Gasteiger partial charge in [0.05, 0.1) is 5.92 Å². The van der Waals surface area contributed by atoms with Crippen LogP contribution < -0.4 is 11.1 Å². The van der Waals surface area contributed by atoms with Crippen LogP contribution in [0.1, 0.15) is 12.1 Å². The molecule has 1 heterocycles. The number of nitrogens with zero attached hydrogens (tertiary/aromatic N) is 1. The van der Waals surface area contributed by atoms with E-state index in [0.29, 0.717) is 5.82 Å². The highest BCUT2D eigenvalue weighted by molar-refractivity contribution is 5.94. The van der Waals surface area contributed by atoms with E-state index < -0.39 is 0 Å². The Balaban J connectivity index is 2.00. The number of aromatic nitrogens is 1. The molecule has 1 amide bonds. The van der Waals surface area contributed by atoms with Gasteiger partial charge in [0.25, 0.3) is 0 Å². The van der Waals surface area contributed by atoms with Crippen LogP contribution in [0.5, 0.6) is 0 Å². The largest absolute Gasteiger partial charge is 0.327 e. The number of nitrogens with one attached hydrogen (secondary N) is 1. The molecule has 0 bridgehead atoms. The Kier molecular flexibility index (Phi) is 2.21. The zero-order valence-electron chi connectivity index (χ0n) is 8.03. The average molecular weight is 191 g/mol. The van der Waals surface area contributed by atoms with Crippen molar-refractivity contribution in [2.45, 2.75) is 19.4 Å². The lowest BCUT2D eigenvalue weighted by Gasteiger charge is -2.03. The Morgan fingerprint density at radius 1 is 1.64 bits per heavy atom. The Bertz CT molecular complexity index is 364. The number of carbonyl (C=O) groups excluding carboxylic acids is 1. The van der Waals surface area contributed by atoms with E-state index in [0.717, 1.165) is 12.1 Å². The topological polar surface area (TPSA) is 68.0 Å². The average Bonchev–Trinajstić information content (AvgIpc) is 2.82. The van der Waals surface area contributed by atoms with Crippen molar-refractivity contribution in [1.82, 2.24) is 4.98 Å². The maximum absolute atomic E-state index is 11.5. The summed E-state index contributed by atoms with van der Waals surface area (Å²) in [6.45, 7) is 1.89. The number of hydrogen-bond acceptors (Lipinski definition) is 3. The fourth-order valence-electron chi connectivity index (χ4n) is 1.35. The van der Waals surface area contributed by atoms with Crippen LogP contribution in [0.15, 0.2) is 18.2 Å². The van der Waals surface area contributed by atoms with E-state index in [9.17, 15) is 4.79 Å². The van der Waals surface area contributed by atoms with Gasteiger partial charge in [0.1, 0.15) is 5.82 Å². The number of anilines is 1. The van der Waals surface area contributed by atoms with Crippen molar-refractivity contribution in [2.24, 2.45) is 11.7 Å². The van der Waals surface area contributed by atoms with Crippen molar-refractivity contribution in [3.8, 4) is 0 Å². The van der Waals surface area contributed by atoms with Gasteiger partial charge in [-0.25, -0.2) is 4.98 Å². The molecular formula is C10H13N3O. The SMILES string of the molecule is Cc1cccc(NC(=O)C2CC2N)n1. The molecule has 1 aromatic heterocycles. The van der Waals surface area contributed by atoms with Gasteiger partial charge >= 0.3 is 0 Å². The van der Waals surface area contributed by atoms with Crippen LogP contribution in [0.25, 0.3) is 0 Å². The molecule has 0 radical (unpaired) electrons. The number of pyridine rings is 1. The summed E-state index contributed by atoms with van der Waals surface area (Å²) < 4.78 is 0. The van der Waals surface area contributed by atoms with Gasteiger partial charge in [-0.05, 0) is 25.5 Å². The van der Waals surface area contributed by atoms with E-state index in [4.69, 9.17) is 5.73 Å². The van der Waals surface area contributed by atoms with Crippen molar-refractivity contribution in [3.63, 3.8) is 0 Å². The second-order valence-electron chi connectivity index (χ2n) is 3.66. The fraction of sp³-hybridized carbons (Fsp3) is 0.400. The zero-order valence-corrected chi connectivity index (χ0v) is 8.03. The van der Waals surface area contributed by atoms with E-state index in [2.05, 4.69) is 10.3 Å². The Morgan fingerprint density at radius 2 is 2.36 bits per heavy atom. The van der Waals surface area contributed by atoms with Crippen molar-refractivity contribution < 1.29 is 4.79 Å². The first-order valence-electron chi connectivity index (χ1n) is 4.67. The maximum Gasteiger partial charge on any atom is 0.230 e. The van der Waals surface area contributed by atoms with Crippen molar-refractivity contribution >= 4 is 11.7 Å². The summed E-state index contributed by atoms with van der Waals surface area (Å²) in [6, 6.07) is 5.57. The molecule has 4 nitrogen and oxygen atoms in total. The molecule has 1 saturated carbocycles. The summed E-state index contributed by atoms with van der Waals surface area (Å²) in [4.78, 5) is 15.6. The highest BCUT2D eigenvalue weighted by Crippen LogP contribution is 2.28. The molecule has 4 heteroatoms. The van der Waals surface area contributed by atoms with Crippen LogP contribution in [0.4, 0.5) is 5.82 Å². The maximum atomic E-state index is 11.5. The second kappa shape index (κ2) is 3.38. The van der Waals surface area contributed by atoms with E-state index >= 15 is 0 Å². The van der Waals surface area contributed by atoms with Crippen molar-refractivity contribution in [1.29, 1.82) is 0 Å². The molecule has 2 rings (SSSR count). The summed E-state index contributed by atoms with van der Waals surface area (Å²) in [5.41, 5.74) is 6.46. The van der Waals surface area contributed by atoms with Crippen molar-refractivity contribution in [3.05, 3.63) is 23.9 Å². The highest BCUT2D eigenvalue weighted by Gasteiger charge is 2.40.